The first kappa shape index (κ1) is 11.5. The SMILES string of the molecule is Fc1cccc(Cc2ncc(Br)c(Cl)n2)c1. The van der Waals surface area contributed by atoms with Crippen molar-refractivity contribution in [2.75, 3.05) is 0 Å². The molecule has 0 spiro atoms. The molecule has 0 aliphatic heterocycles. The van der Waals surface area contributed by atoms with E-state index in [-0.39, 0.29) is 5.82 Å². The van der Waals surface area contributed by atoms with Gasteiger partial charge in [-0.3, -0.25) is 0 Å². The van der Waals surface area contributed by atoms with E-state index >= 15 is 0 Å². The van der Waals surface area contributed by atoms with E-state index in [1.54, 1.807) is 12.3 Å². The van der Waals surface area contributed by atoms with Crippen molar-refractivity contribution in [1.82, 2.24) is 9.97 Å². The molecule has 5 heteroatoms. The minimum Gasteiger partial charge on any atom is -0.240 e. The first-order chi connectivity index (χ1) is 7.65. The van der Waals surface area contributed by atoms with Crippen LogP contribution in [0, 0.1) is 5.82 Å². The predicted octanol–water partition coefficient (Wildman–Crippen LogP) is 3.62. The third-order valence-electron chi connectivity index (χ3n) is 2.00. The van der Waals surface area contributed by atoms with E-state index in [4.69, 9.17) is 11.6 Å². The first-order valence-corrected chi connectivity index (χ1v) is 5.73. The van der Waals surface area contributed by atoms with Gasteiger partial charge in [-0.25, -0.2) is 14.4 Å². The highest BCUT2D eigenvalue weighted by Gasteiger charge is 2.04. The van der Waals surface area contributed by atoms with Crippen LogP contribution in [-0.4, -0.2) is 9.97 Å². The van der Waals surface area contributed by atoms with Crippen LogP contribution < -0.4 is 0 Å². The van der Waals surface area contributed by atoms with Gasteiger partial charge in [0.05, 0.1) is 4.47 Å². The summed E-state index contributed by atoms with van der Waals surface area (Å²) < 4.78 is 13.6. The zero-order chi connectivity index (χ0) is 11.5. The Kier molecular flexibility index (Phi) is 3.51. The fourth-order valence-corrected chi connectivity index (χ4v) is 1.63. The molecule has 16 heavy (non-hydrogen) atoms. The van der Waals surface area contributed by atoms with Crippen molar-refractivity contribution in [2.45, 2.75) is 6.42 Å². The summed E-state index contributed by atoms with van der Waals surface area (Å²) in [5.74, 6) is 0.305. The van der Waals surface area contributed by atoms with Gasteiger partial charge in [0, 0.05) is 12.6 Å². The van der Waals surface area contributed by atoms with Crippen LogP contribution in [0.2, 0.25) is 5.15 Å². The maximum Gasteiger partial charge on any atom is 0.146 e. The molecule has 0 amide bonds. The molecule has 1 aromatic carbocycles. The van der Waals surface area contributed by atoms with E-state index in [0.29, 0.717) is 21.9 Å². The summed E-state index contributed by atoms with van der Waals surface area (Å²) in [6, 6.07) is 6.34. The van der Waals surface area contributed by atoms with E-state index in [0.717, 1.165) is 5.56 Å². The minimum absolute atomic E-state index is 0.263. The highest BCUT2D eigenvalue weighted by Crippen LogP contribution is 2.19. The van der Waals surface area contributed by atoms with Gasteiger partial charge in [-0.2, -0.15) is 0 Å². The van der Waals surface area contributed by atoms with Crippen molar-refractivity contribution >= 4 is 27.5 Å². The number of nitrogens with zero attached hydrogens (tertiary/aromatic N) is 2. The van der Waals surface area contributed by atoms with Crippen LogP contribution >= 0.6 is 27.5 Å². The van der Waals surface area contributed by atoms with E-state index in [2.05, 4.69) is 25.9 Å². The summed E-state index contributed by atoms with van der Waals surface area (Å²) in [4.78, 5) is 8.18. The van der Waals surface area contributed by atoms with E-state index in [1.807, 2.05) is 6.07 Å². The molecule has 2 nitrogen and oxygen atoms in total. The number of aromatic nitrogens is 2. The first-order valence-electron chi connectivity index (χ1n) is 4.56. The fourth-order valence-electron chi connectivity index (χ4n) is 1.29. The van der Waals surface area contributed by atoms with Gasteiger partial charge in [0.15, 0.2) is 0 Å². The van der Waals surface area contributed by atoms with Gasteiger partial charge in [-0.1, -0.05) is 23.7 Å². The van der Waals surface area contributed by atoms with Crippen molar-refractivity contribution in [3.63, 3.8) is 0 Å². The Hall–Kier alpha value is -1.00. The zero-order valence-electron chi connectivity index (χ0n) is 8.12. The molecule has 0 aliphatic carbocycles. The molecule has 1 aromatic heterocycles. The normalized spacial score (nSPS) is 10.4. The van der Waals surface area contributed by atoms with Crippen molar-refractivity contribution in [1.29, 1.82) is 0 Å². The van der Waals surface area contributed by atoms with Crippen molar-refractivity contribution in [3.8, 4) is 0 Å². The number of hydrogen-bond acceptors (Lipinski definition) is 2. The standard InChI is InChI=1S/C11H7BrClFN2/c12-9-6-15-10(16-11(9)13)5-7-2-1-3-8(14)4-7/h1-4,6H,5H2. The average molecular weight is 302 g/mol. The Balaban J connectivity index is 2.24. The van der Waals surface area contributed by atoms with Crippen LogP contribution in [0.3, 0.4) is 0 Å². The lowest BCUT2D eigenvalue weighted by Gasteiger charge is -2.02. The lowest BCUT2D eigenvalue weighted by molar-refractivity contribution is 0.626. The van der Waals surface area contributed by atoms with Gasteiger partial charge in [-0.15, -0.1) is 0 Å². The molecule has 2 rings (SSSR count). The zero-order valence-corrected chi connectivity index (χ0v) is 10.5. The lowest BCUT2D eigenvalue weighted by Crippen LogP contribution is -1.97. The fraction of sp³-hybridized carbons (Fsp3) is 0.0909. The molecular weight excluding hydrogens is 294 g/mol. The molecule has 0 saturated carbocycles. The van der Waals surface area contributed by atoms with Gasteiger partial charge < -0.3 is 0 Å². The highest BCUT2D eigenvalue weighted by molar-refractivity contribution is 9.10. The summed E-state index contributed by atoms with van der Waals surface area (Å²) >= 11 is 9.05. The molecule has 1 heterocycles. The summed E-state index contributed by atoms with van der Waals surface area (Å²) in [5.41, 5.74) is 0.818. The van der Waals surface area contributed by atoms with Gasteiger partial charge in [0.25, 0.3) is 0 Å². The summed E-state index contributed by atoms with van der Waals surface area (Å²) in [6.07, 6.45) is 2.05. The molecule has 0 unspecified atom stereocenters. The maximum absolute atomic E-state index is 12.9. The van der Waals surface area contributed by atoms with Gasteiger partial charge >= 0.3 is 0 Å². The Morgan fingerprint density at radius 1 is 1.38 bits per heavy atom. The molecule has 0 atom stereocenters. The van der Waals surface area contributed by atoms with Crippen molar-refractivity contribution in [2.24, 2.45) is 0 Å². The minimum atomic E-state index is -0.263. The summed E-state index contributed by atoms with van der Waals surface area (Å²) in [5, 5.41) is 0.362. The highest BCUT2D eigenvalue weighted by atomic mass is 79.9. The number of halogens is 3. The second-order valence-corrected chi connectivity index (χ2v) is 4.44. The Labute approximate surface area is 106 Å². The van der Waals surface area contributed by atoms with Crippen LogP contribution in [0.1, 0.15) is 11.4 Å². The molecule has 0 N–H and O–H groups in total. The molecule has 0 aliphatic rings. The van der Waals surface area contributed by atoms with E-state index in [1.165, 1.54) is 12.1 Å². The summed E-state index contributed by atoms with van der Waals surface area (Å²) in [7, 11) is 0. The molecule has 0 radical (unpaired) electrons. The molecule has 0 fully saturated rings. The van der Waals surface area contributed by atoms with Gasteiger partial charge in [-0.05, 0) is 33.6 Å². The second-order valence-electron chi connectivity index (χ2n) is 3.23. The molecule has 0 bridgehead atoms. The van der Waals surface area contributed by atoms with Crippen molar-refractivity contribution < 1.29 is 4.39 Å². The third kappa shape index (κ3) is 2.77. The monoisotopic (exact) mass is 300 g/mol. The number of rotatable bonds is 2. The quantitative estimate of drug-likeness (QED) is 0.792. The van der Waals surface area contributed by atoms with E-state index in [9.17, 15) is 4.39 Å². The van der Waals surface area contributed by atoms with Crippen LogP contribution in [0.25, 0.3) is 0 Å². The number of benzene rings is 1. The summed E-state index contributed by atoms with van der Waals surface area (Å²) in [6.45, 7) is 0. The van der Waals surface area contributed by atoms with Gasteiger partial charge in [0.1, 0.15) is 16.8 Å². The Bertz CT molecular complexity index is 519. The largest absolute Gasteiger partial charge is 0.240 e. The average Bonchev–Trinajstić information content (AvgIpc) is 2.24. The van der Waals surface area contributed by atoms with E-state index < -0.39 is 0 Å². The lowest BCUT2D eigenvalue weighted by atomic mass is 10.1. The van der Waals surface area contributed by atoms with Crippen LogP contribution in [0.4, 0.5) is 4.39 Å². The molecule has 0 saturated heterocycles. The van der Waals surface area contributed by atoms with Crippen LogP contribution in [0.15, 0.2) is 34.9 Å². The predicted molar refractivity (Wildman–Crippen MR) is 63.9 cm³/mol. The molecule has 82 valence electrons. The van der Waals surface area contributed by atoms with Gasteiger partial charge in [0.2, 0.25) is 0 Å². The molecule has 2 aromatic rings. The van der Waals surface area contributed by atoms with Crippen LogP contribution in [-0.2, 0) is 6.42 Å². The second kappa shape index (κ2) is 4.89. The smallest absolute Gasteiger partial charge is 0.146 e. The maximum atomic E-state index is 12.9. The Morgan fingerprint density at radius 2 is 2.19 bits per heavy atom. The third-order valence-corrected chi connectivity index (χ3v) is 3.10. The van der Waals surface area contributed by atoms with Crippen molar-refractivity contribution in [3.05, 3.63) is 57.3 Å². The topological polar surface area (TPSA) is 25.8 Å². The number of hydrogen-bond donors (Lipinski definition) is 0. The Morgan fingerprint density at radius 3 is 2.88 bits per heavy atom. The molecular formula is C11H7BrClFN2. The van der Waals surface area contributed by atoms with Crippen LogP contribution in [0.5, 0.6) is 0 Å².